The van der Waals surface area contributed by atoms with Crippen molar-refractivity contribution < 1.29 is 14.4 Å². The van der Waals surface area contributed by atoms with Gasteiger partial charge in [0.15, 0.2) is 11.6 Å². The molecular weight excluding hydrogens is 708 g/mol. The second kappa shape index (κ2) is 11.2. The number of carbonyl (C=O) groups is 3. The number of amides is 1. The van der Waals surface area contributed by atoms with E-state index in [-0.39, 0.29) is 28.5 Å². The number of rotatable bonds is 6. The molecule has 0 saturated carbocycles. The lowest BCUT2D eigenvalue weighted by Crippen LogP contribution is -2.42. The van der Waals surface area contributed by atoms with Crippen molar-refractivity contribution in [1.82, 2.24) is 20.5 Å². The SMILES string of the molecule is CC1=Cc2ccc(Br)cc2C(=O)C1c1nc(SCC(=O)NC2C(=O)CSC2c2ccc(Br)cc2Br)n[nH]1. The number of nitrogens with one attached hydrogen (secondary N) is 2. The largest absolute Gasteiger partial charge is 0.344 e. The summed E-state index contributed by atoms with van der Waals surface area (Å²) in [5.74, 6) is -0.0669. The van der Waals surface area contributed by atoms with Crippen molar-refractivity contribution in [3.05, 3.63) is 77.9 Å². The monoisotopic (exact) mass is 724 g/mol. The number of aromatic amines is 1. The molecule has 1 amide bonds. The van der Waals surface area contributed by atoms with Gasteiger partial charge in [-0.15, -0.1) is 16.9 Å². The Morgan fingerprint density at radius 2 is 1.92 bits per heavy atom. The zero-order chi connectivity index (χ0) is 26.3. The molecule has 0 bridgehead atoms. The van der Waals surface area contributed by atoms with E-state index in [0.717, 1.165) is 41.9 Å². The summed E-state index contributed by atoms with van der Waals surface area (Å²) in [5.41, 5.74) is 3.33. The van der Waals surface area contributed by atoms with Crippen LogP contribution in [-0.2, 0) is 9.59 Å². The molecule has 3 unspecified atom stereocenters. The van der Waals surface area contributed by atoms with Crippen molar-refractivity contribution >= 4 is 94.9 Å². The van der Waals surface area contributed by atoms with Gasteiger partial charge in [0.05, 0.1) is 16.8 Å². The average molecular weight is 727 g/mol. The minimum Gasteiger partial charge on any atom is -0.344 e. The van der Waals surface area contributed by atoms with Gasteiger partial charge < -0.3 is 5.32 Å². The summed E-state index contributed by atoms with van der Waals surface area (Å²) in [6.07, 6.45) is 1.98. The fraction of sp³-hybridized carbons (Fsp3) is 0.240. The molecule has 5 rings (SSSR count). The van der Waals surface area contributed by atoms with Crippen molar-refractivity contribution in [2.24, 2.45) is 0 Å². The Balaban J connectivity index is 1.24. The fourth-order valence-electron chi connectivity index (χ4n) is 4.38. The number of thioether (sulfide) groups is 2. The molecule has 1 fully saturated rings. The normalized spacial score (nSPS) is 21.1. The molecule has 1 aliphatic carbocycles. The summed E-state index contributed by atoms with van der Waals surface area (Å²) in [5, 5.41) is 10.2. The van der Waals surface area contributed by atoms with E-state index in [1.165, 1.54) is 11.8 Å². The van der Waals surface area contributed by atoms with Gasteiger partial charge in [-0.2, -0.15) is 0 Å². The van der Waals surface area contributed by atoms with Gasteiger partial charge in [-0.05, 0) is 42.3 Å². The van der Waals surface area contributed by atoms with Crippen LogP contribution in [0.5, 0.6) is 0 Å². The predicted octanol–water partition coefficient (Wildman–Crippen LogP) is 6.11. The van der Waals surface area contributed by atoms with Crippen LogP contribution in [0.1, 0.15) is 45.4 Å². The molecule has 37 heavy (non-hydrogen) atoms. The number of H-pyrrole nitrogens is 1. The van der Waals surface area contributed by atoms with Gasteiger partial charge in [-0.3, -0.25) is 19.5 Å². The van der Waals surface area contributed by atoms with Crippen LogP contribution >= 0.6 is 71.3 Å². The van der Waals surface area contributed by atoms with E-state index >= 15 is 0 Å². The molecule has 2 aromatic carbocycles. The average Bonchev–Trinajstić information content (AvgIpc) is 3.45. The van der Waals surface area contributed by atoms with Gasteiger partial charge in [0.1, 0.15) is 17.8 Å². The van der Waals surface area contributed by atoms with Crippen molar-refractivity contribution in [3.63, 3.8) is 0 Å². The van der Waals surface area contributed by atoms with Gasteiger partial charge >= 0.3 is 0 Å². The molecular formula is C25H19Br3N4O3S2. The first-order valence-electron chi connectivity index (χ1n) is 11.2. The van der Waals surface area contributed by atoms with Crippen molar-refractivity contribution in [1.29, 1.82) is 0 Å². The van der Waals surface area contributed by atoms with E-state index in [1.807, 2.05) is 49.4 Å². The Morgan fingerprint density at radius 3 is 2.70 bits per heavy atom. The summed E-state index contributed by atoms with van der Waals surface area (Å²) in [4.78, 5) is 43.0. The van der Waals surface area contributed by atoms with Gasteiger partial charge in [0.2, 0.25) is 11.1 Å². The number of ketones is 2. The highest BCUT2D eigenvalue weighted by Crippen LogP contribution is 2.42. The van der Waals surface area contributed by atoms with Crippen LogP contribution in [-0.4, -0.2) is 50.2 Å². The quantitative estimate of drug-likeness (QED) is 0.296. The molecule has 1 saturated heterocycles. The van der Waals surface area contributed by atoms with E-state index in [1.54, 1.807) is 0 Å². The summed E-state index contributed by atoms with van der Waals surface area (Å²) < 4.78 is 2.64. The molecule has 7 nitrogen and oxygen atoms in total. The van der Waals surface area contributed by atoms with E-state index < -0.39 is 12.0 Å². The molecule has 1 aliphatic heterocycles. The smallest absolute Gasteiger partial charge is 0.231 e. The van der Waals surface area contributed by atoms with Crippen LogP contribution in [0, 0.1) is 0 Å². The zero-order valence-electron chi connectivity index (χ0n) is 19.3. The second-order valence-corrected chi connectivity index (χ2v) is 13.4. The standard InChI is InChI=1S/C25H19Br3N4O3S2/c1-11-6-12-2-3-13(26)7-16(12)22(35)20(11)24-30-25(32-31-24)37-10-19(34)29-21-18(33)9-36-23(21)15-5-4-14(27)8-17(15)28/h2-8,20-21,23H,9-10H2,1H3,(H,29,34)(H,30,31,32). The van der Waals surface area contributed by atoms with Crippen LogP contribution < -0.4 is 5.32 Å². The Kier molecular flexibility index (Phi) is 8.11. The molecule has 3 aromatic rings. The van der Waals surface area contributed by atoms with Gasteiger partial charge in [-0.25, -0.2) is 4.98 Å². The Bertz CT molecular complexity index is 1460. The van der Waals surface area contributed by atoms with Crippen LogP contribution in [0.25, 0.3) is 6.08 Å². The van der Waals surface area contributed by atoms with E-state index in [4.69, 9.17) is 0 Å². The zero-order valence-corrected chi connectivity index (χ0v) is 25.6. The van der Waals surface area contributed by atoms with E-state index in [9.17, 15) is 14.4 Å². The van der Waals surface area contributed by atoms with Gasteiger partial charge in [-0.1, -0.05) is 83.3 Å². The third kappa shape index (κ3) is 5.68. The van der Waals surface area contributed by atoms with Crippen molar-refractivity contribution in [3.8, 4) is 0 Å². The minimum absolute atomic E-state index is 0.00617. The molecule has 190 valence electrons. The summed E-state index contributed by atoms with van der Waals surface area (Å²) in [6, 6.07) is 10.8. The van der Waals surface area contributed by atoms with Crippen LogP contribution in [0.15, 0.2) is 60.5 Å². The number of aromatic nitrogens is 3. The number of fused-ring (bicyclic) bond motifs is 1. The van der Waals surface area contributed by atoms with Crippen LogP contribution in [0.4, 0.5) is 0 Å². The fourth-order valence-corrected chi connectivity index (χ4v) is 8.12. The maximum Gasteiger partial charge on any atom is 0.231 e. The predicted molar refractivity (Wildman–Crippen MR) is 156 cm³/mol. The maximum absolute atomic E-state index is 13.2. The maximum atomic E-state index is 13.2. The Labute approximate surface area is 246 Å². The third-order valence-corrected chi connectivity index (χ3v) is 9.97. The molecule has 2 aliphatic rings. The number of benzene rings is 2. The summed E-state index contributed by atoms with van der Waals surface area (Å²) in [6.45, 7) is 1.90. The minimum atomic E-state index is -0.606. The first-order chi connectivity index (χ1) is 17.7. The molecule has 3 atom stereocenters. The molecule has 2 N–H and O–H groups in total. The third-order valence-electron chi connectivity index (χ3n) is 6.11. The lowest BCUT2D eigenvalue weighted by atomic mass is 9.82. The molecule has 2 heterocycles. The van der Waals surface area contributed by atoms with Crippen molar-refractivity contribution in [2.75, 3.05) is 11.5 Å². The van der Waals surface area contributed by atoms with E-state index in [2.05, 4.69) is 68.3 Å². The number of carbonyl (C=O) groups excluding carboxylic acids is 3. The van der Waals surface area contributed by atoms with Gasteiger partial charge in [0.25, 0.3) is 0 Å². The highest BCUT2D eigenvalue weighted by Gasteiger charge is 2.38. The molecule has 12 heteroatoms. The number of nitrogens with zero attached hydrogens (tertiary/aromatic N) is 2. The number of allylic oxidation sites excluding steroid dienone is 1. The van der Waals surface area contributed by atoms with E-state index in [0.29, 0.717) is 22.3 Å². The Hall–Kier alpha value is -1.73. The molecule has 0 radical (unpaired) electrons. The van der Waals surface area contributed by atoms with Gasteiger partial charge in [0, 0.05) is 19.0 Å². The first kappa shape index (κ1) is 26.9. The molecule has 1 aromatic heterocycles. The lowest BCUT2D eigenvalue weighted by molar-refractivity contribution is -0.124. The number of Topliss-reactive ketones (excluding diaryl/α,β-unsaturated/α-hetero) is 2. The molecule has 0 spiro atoms. The lowest BCUT2D eigenvalue weighted by Gasteiger charge is -2.21. The number of hydrogen-bond donors (Lipinski definition) is 2. The Morgan fingerprint density at radius 1 is 1.16 bits per heavy atom. The van der Waals surface area contributed by atoms with Crippen molar-refractivity contribution in [2.45, 2.75) is 29.3 Å². The first-order valence-corrected chi connectivity index (χ1v) is 15.6. The number of hydrogen-bond acceptors (Lipinski definition) is 7. The number of halogens is 3. The second-order valence-electron chi connectivity index (χ2n) is 8.62. The highest BCUT2D eigenvalue weighted by atomic mass is 79.9. The van der Waals surface area contributed by atoms with Crippen LogP contribution in [0.2, 0.25) is 0 Å². The highest BCUT2D eigenvalue weighted by molar-refractivity contribution is 9.11. The van der Waals surface area contributed by atoms with Crippen LogP contribution in [0.3, 0.4) is 0 Å². The summed E-state index contributed by atoms with van der Waals surface area (Å²) >= 11 is 13.1. The summed E-state index contributed by atoms with van der Waals surface area (Å²) in [7, 11) is 0. The topological polar surface area (TPSA) is 105 Å².